The maximum atomic E-state index is 13.7. The van der Waals surface area contributed by atoms with Crippen LogP contribution in [-0.4, -0.2) is 157 Å². The molecule has 0 aromatic rings. The first kappa shape index (κ1) is 51.9. The van der Waals surface area contributed by atoms with Crippen molar-refractivity contribution in [2.45, 2.75) is 47.6 Å². The summed E-state index contributed by atoms with van der Waals surface area (Å²) in [4.78, 5) is 175. The molecule has 29 nitrogen and oxygen atoms in total. The van der Waals surface area contributed by atoms with Crippen LogP contribution >= 0.6 is 72.5 Å². The Labute approximate surface area is 290 Å². The molecule has 0 spiro atoms. The lowest BCUT2D eigenvalue weighted by atomic mass is 10.2. The van der Waals surface area contributed by atoms with Crippen LogP contribution in [0.5, 0.6) is 0 Å². The molecule has 0 aromatic heterocycles. The number of carboxylic acids is 1. The average molecular weight is 931 g/mol. The molecule has 0 saturated heterocycles. The zero-order valence-electron chi connectivity index (χ0n) is 25.7. The number of thioether (sulfide) groups is 1. The standard InChI is InChI=1S/C13H37N3O26P8S/c1-4-14(10(43(19,20)21)44(22,23)24)12(47(31,32)33,48(34,35)36)16(8(9(17)18)6-7-51-3)13(49(37,38)39,50(40,41)42)15(5-2)11(45(25,26)27)46(28,29)30/h8,10-11H,4-7H2,1-3H3,(H,17,18)(H2,19,20,21)(H2,22,23,24)(H2,25,26,27)(H2,28,29,30)(H2,31,32,33)(H2,34,35,36)(H2,37,38,39)(H2,40,41,42)/t8-/m0/s1. The molecule has 0 aliphatic carbocycles. The minimum Gasteiger partial charge on any atom is -0.480 e. The largest absolute Gasteiger partial charge is 0.480 e. The van der Waals surface area contributed by atoms with Crippen LogP contribution in [0.15, 0.2) is 0 Å². The number of carbonyl (C=O) groups is 1. The Bertz CT molecular complexity index is 1460. The highest BCUT2D eigenvalue weighted by Crippen LogP contribution is 2.84. The van der Waals surface area contributed by atoms with Gasteiger partial charge in [-0.2, -0.15) is 11.8 Å². The molecule has 0 amide bonds. The van der Waals surface area contributed by atoms with Gasteiger partial charge < -0.3 is 83.4 Å². The molecule has 0 radical (unpaired) electrons. The van der Waals surface area contributed by atoms with Gasteiger partial charge in [-0.25, -0.2) is 14.7 Å². The molecule has 0 rings (SSSR count). The second-order valence-electron chi connectivity index (χ2n) is 10.0. The molecule has 17 N–H and O–H groups in total. The van der Waals surface area contributed by atoms with Crippen LogP contribution in [0.25, 0.3) is 0 Å². The first-order valence-corrected chi connectivity index (χ1v) is 27.2. The first-order chi connectivity index (χ1) is 22.1. The molecule has 0 saturated carbocycles. The van der Waals surface area contributed by atoms with Crippen molar-refractivity contribution in [1.82, 2.24) is 14.7 Å². The van der Waals surface area contributed by atoms with Crippen molar-refractivity contribution in [3.8, 4) is 0 Å². The Hall–Kier alpha value is 0.900. The molecule has 0 aromatic carbocycles. The number of carboxylic acid groups (broad SMARTS) is 1. The maximum absolute atomic E-state index is 13.7. The van der Waals surface area contributed by atoms with Gasteiger partial charge in [0.15, 0.2) is 0 Å². The third-order valence-electron chi connectivity index (χ3n) is 6.61. The summed E-state index contributed by atoms with van der Waals surface area (Å²) in [5, 5.41) is -1.52. The Balaban J connectivity index is 10.4. The average Bonchev–Trinajstić information content (AvgIpc) is 2.80. The van der Waals surface area contributed by atoms with Gasteiger partial charge in [-0.1, -0.05) is 13.8 Å². The van der Waals surface area contributed by atoms with Gasteiger partial charge in [0.25, 0.3) is 10.3 Å². The monoisotopic (exact) mass is 931 g/mol. The minimum atomic E-state index is -7.84. The van der Waals surface area contributed by atoms with Crippen molar-refractivity contribution < 1.29 is 125 Å². The number of aliphatic carboxylic acids is 1. The van der Waals surface area contributed by atoms with Gasteiger partial charge in [0.1, 0.15) is 6.04 Å². The summed E-state index contributed by atoms with van der Waals surface area (Å²) in [7, 11) is -59.0. The van der Waals surface area contributed by atoms with Gasteiger partial charge in [0.05, 0.1) is 0 Å². The van der Waals surface area contributed by atoms with E-state index in [2.05, 4.69) is 0 Å². The first-order valence-electron chi connectivity index (χ1n) is 12.6. The number of hydrogen-bond acceptors (Lipinski definition) is 13. The Morgan fingerprint density at radius 2 is 0.784 bits per heavy atom. The summed E-state index contributed by atoms with van der Waals surface area (Å²) >= 11 is 0.482. The van der Waals surface area contributed by atoms with Crippen molar-refractivity contribution in [1.29, 1.82) is 0 Å². The van der Waals surface area contributed by atoms with E-state index in [9.17, 15) is 125 Å². The van der Waals surface area contributed by atoms with Crippen LogP contribution in [-0.2, 0) is 41.3 Å². The third-order valence-corrected chi connectivity index (χ3v) is 22.5. The fourth-order valence-electron chi connectivity index (χ4n) is 5.24. The quantitative estimate of drug-likeness (QED) is 0.0413. The fourth-order valence-corrected chi connectivity index (χ4v) is 20.0. The molecular formula is C13H37N3O26P8S. The summed E-state index contributed by atoms with van der Waals surface area (Å²) in [5.74, 6) is -3.73. The van der Waals surface area contributed by atoms with Gasteiger partial charge in [0, 0.05) is 0 Å². The zero-order valence-corrected chi connectivity index (χ0v) is 33.6. The topological polar surface area (TPSA) is 507 Å². The van der Waals surface area contributed by atoms with E-state index in [0.29, 0.717) is 25.6 Å². The van der Waals surface area contributed by atoms with E-state index in [0.717, 1.165) is 6.26 Å². The molecule has 0 heterocycles. The number of hydrogen-bond donors (Lipinski definition) is 17. The van der Waals surface area contributed by atoms with Crippen LogP contribution in [0.4, 0.5) is 0 Å². The number of rotatable bonds is 21. The third kappa shape index (κ3) is 10.3. The van der Waals surface area contributed by atoms with E-state index in [1.165, 1.54) is 0 Å². The Kier molecular flexibility index (Phi) is 17.1. The van der Waals surface area contributed by atoms with Crippen molar-refractivity contribution in [2.75, 3.05) is 25.1 Å². The van der Waals surface area contributed by atoms with Gasteiger partial charge in [-0.3, -0.25) is 41.3 Å². The highest BCUT2D eigenvalue weighted by atomic mass is 32.2. The molecule has 0 fully saturated rings. The SMILES string of the molecule is CCN(C(P(=O)(O)O)P(=O)(O)O)C(N([C@@H](CCSC)C(=O)O)C(N(CC)C(P(=O)(O)O)P(=O)(O)O)(P(=O)(O)O)P(=O)(O)O)(P(=O)(O)O)P(=O)(O)O. The van der Waals surface area contributed by atoms with Crippen LogP contribution < -0.4 is 0 Å². The smallest absolute Gasteiger partial charge is 0.373 e. The highest BCUT2D eigenvalue weighted by molar-refractivity contribution is 7.98. The highest BCUT2D eigenvalue weighted by Gasteiger charge is 2.84. The van der Waals surface area contributed by atoms with Gasteiger partial charge in [0.2, 0.25) is 11.0 Å². The summed E-state index contributed by atoms with van der Waals surface area (Å²) in [6.07, 6.45) is -0.504. The lowest BCUT2D eigenvalue weighted by Crippen LogP contribution is -2.76. The van der Waals surface area contributed by atoms with E-state index >= 15 is 0 Å². The van der Waals surface area contributed by atoms with E-state index in [4.69, 9.17) is 0 Å². The van der Waals surface area contributed by atoms with Gasteiger partial charge in [-0.15, -0.1) is 0 Å². The second-order valence-corrected chi connectivity index (χ2v) is 26.0. The normalized spacial score (nSPS) is 16.2. The van der Waals surface area contributed by atoms with Crippen molar-refractivity contribution in [2.24, 2.45) is 0 Å². The summed E-state index contributed by atoms with van der Waals surface area (Å²) < 4.78 is 105. The zero-order chi connectivity index (χ0) is 41.6. The van der Waals surface area contributed by atoms with Crippen LogP contribution in [0.1, 0.15) is 20.3 Å². The molecule has 38 heteroatoms. The van der Waals surface area contributed by atoms with Crippen molar-refractivity contribution >= 4 is 78.5 Å². The number of nitrogens with zero attached hydrogens (tertiary/aromatic N) is 3. The van der Waals surface area contributed by atoms with Gasteiger partial charge >= 0.3 is 66.7 Å². The maximum Gasteiger partial charge on any atom is 0.373 e. The summed E-state index contributed by atoms with van der Waals surface area (Å²) in [6.45, 7) is -3.35. The minimum absolute atomic E-state index is 0.316. The van der Waals surface area contributed by atoms with Crippen molar-refractivity contribution in [3.05, 3.63) is 0 Å². The Morgan fingerprint density at radius 3 is 0.922 bits per heavy atom. The molecule has 0 unspecified atom stereocenters. The molecular weight excluding hydrogens is 894 g/mol. The molecule has 306 valence electrons. The Morgan fingerprint density at radius 1 is 0.549 bits per heavy atom. The van der Waals surface area contributed by atoms with Crippen LogP contribution in [0.3, 0.4) is 0 Å². The predicted molar refractivity (Wildman–Crippen MR) is 170 cm³/mol. The second kappa shape index (κ2) is 16.8. The van der Waals surface area contributed by atoms with Crippen LogP contribution in [0.2, 0.25) is 0 Å². The fraction of sp³-hybridized carbons (Fsp3) is 0.923. The van der Waals surface area contributed by atoms with Gasteiger partial charge in [-0.05, 0) is 31.5 Å². The van der Waals surface area contributed by atoms with E-state index in [-0.39, 0.29) is 0 Å². The molecule has 51 heavy (non-hydrogen) atoms. The lowest BCUT2D eigenvalue weighted by Gasteiger charge is -2.60. The van der Waals surface area contributed by atoms with Crippen LogP contribution in [0, 0.1) is 0 Å². The lowest BCUT2D eigenvalue weighted by molar-refractivity contribution is -0.153. The van der Waals surface area contributed by atoms with E-state index in [1.807, 2.05) is 0 Å². The summed E-state index contributed by atoms with van der Waals surface area (Å²) in [6, 6.07) is -3.73. The predicted octanol–water partition coefficient (Wildman–Crippen LogP) is -2.65. The van der Waals surface area contributed by atoms with E-state index in [1.54, 1.807) is 0 Å². The molecule has 1 atom stereocenters. The van der Waals surface area contributed by atoms with E-state index < -0.39 is 134 Å². The molecule has 0 aliphatic rings. The molecule has 0 aliphatic heterocycles. The van der Waals surface area contributed by atoms with Crippen molar-refractivity contribution in [3.63, 3.8) is 0 Å². The summed E-state index contributed by atoms with van der Waals surface area (Å²) in [5.41, 5.74) is -8.68. The molecule has 0 bridgehead atoms.